The lowest BCUT2D eigenvalue weighted by Gasteiger charge is -2.11. The van der Waals surface area contributed by atoms with Crippen LogP contribution in [-0.4, -0.2) is 6.21 Å². The van der Waals surface area contributed by atoms with Crippen molar-refractivity contribution >= 4 is 41.2 Å². The number of benzene rings is 3. The van der Waals surface area contributed by atoms with E-state index in [0.29, 0.717) is 16.6 Å². The van der Waals surface area contributed by atoms with Crippen molar-refractivity contribution < 1.29 is 0 Å². The van der Waals surface area contributed by atoms with Crippen LogP contribution in [0, 0.1) is 22.7 Å². The third-order valence-corrected chi connectivity index (χ3v) is 5.77. The third-order valence-electron chi connectivity index (χ3n) is 4.14. The maximum atomic E-state index is 9.54. The molecule has 0 saturated carbocycles. The molecule has 3 rings (SSSR count). The number of aliphatic imine (C=N–C) groups is 1. The Hall–Kier alpha value is -3.22. The first kappa shape index (κ1) is 22.5. The number of halogens is 2. The highest BCUT2D eigenvalue weighted by atomic mass is 35.5. The highest BCUT2D eigenvalue weighted by Crippen LogP contribution is 2.31. The van der Waals surface area contributed by atoms with Gasteiger partial charge in [-0.05, 0) is 53.6 Å². The zero-order valence-electron chi connectivity index (χ0n) is 16.2. The minimum atomic E-state index is 0.0142. The molecule has 0 aromatic heterocycles. The summed E-state index contributed by atoms with van der Waals surface area (Å²) in [5.41, 5.74) is 1.90. The van der Waals surface area contributed by atoms with Crippen molar-refractivity contribution in [2.24, 2.45) is 4.99 Å². The van der Waals surface area contributed by atoms with Gasteiger partial charge in [0.15, 0.2) is 11.4 Å². The van der Waals surface area contributed by atoms with Crippen molar-refractivity contribution in [3.8, 4) is 12.1 Å². The van der Waals surface area contributed by atoms with Gasteiger partial charge in [0, 0.05) is 32.6 Å². The molecule has 7 heteroatoms. The van der Waals surface area contributed by atoms with E-state index in [4.69, 9.17) is 23.2 Å². The highest BCUT2D eigenvalue weighted by molar-refractivity contribution is 7.99. The summed E-state index contributed by atoms with van der Waals surface area (Å²) in [6.07, 6.45) is 1.53. The van der Waals surface area contributed by atoms with Crippen LogP contribution in [0.25, 0.3) is 0 Å². The Bertz CT molecular complexity index is 1190. The molecule has 0 heterocycles. The molecule has 0 spiro atoms. The average molecular weight is 463 g/mol. The third kappa shape index (κ3) is 6.64. The summed E-state index contributed by atoms with van der Waals surface area (Å²) >= 11 is 13.4. The molecule has 3 aromatic carbocycles. The summed E-state index contributed by atoms with van der Waals surface area (Å²) in [6.45, 7) is 0.376. The van der Waals surface area contributed by atoms with Gasteiger partial charge in [0.1, 0.15) is 12.1 Å². The standard InChI is InChI=1S/C24H16Cl2N4S/c25-19-7-5-17(6-8-19)15-29-22(13-27)23(14-28)30-16-18-3-1-2-4-24(18)31-21-11-9-20(26)10-12-21/h1-12,15,30H,16H2. The van der Waals surface area contributed by atoms with Gasteiger partial charge in [-0.3, -0.25) is 0 Å². The predicted molar refractivity (Wildman–Crippen MR) is 126 cm³/mol. The highest BCUT2D eigenvalue weighted by Gasteiger charge is 2.08. The van der Waals surface area contributed by atoms with Crippen molar-refractivity contribution in [3.05, 3.63) is 105 Å². The Morgan fingerprint density at radius 2 is 1.55 bits per heavy atom. The Labute approximate surface area is 195 Å². The molecule has 0 aliphatic rings. The number of hydrogen-bond donors (Lipinski definition) is 1. The minimum absolute atomic E-state index is 0.0142. The lowest BCUT2D eigenvalue weighted by atomic mass is 10.2. The fraction of sp³-hybridized carbons (Fsp3) is 0.0417. The van der Waals surface area contributed by atoms with Gasteiger partial charge in [0.2, 0.25) is 0 Å². The quantitative estimate of drug-likeness (QED) is 0.316. The molecule has 1 N–H and O–H groups in total. The van der Waals surface area contributed by atoms with E-state index in [1.54, 1.807) is 36.0 Å². The van der Waals surface area contributed by atoms with Gasteiger partial charge in [0.05, 0.1) is 0 Å². The maximum absolute atomic E-state index is 9.54. The van der Waals surface area contributed by atoms with E-state index in [2.05, 4.69) is 10.3 Å². The van der Waals surface area contributed by atoms with E-state index in [1.165, 1.54) is 6.21 Å². The van der Waals surface area contributed by atoms with Gasteiger partial charge in [0.25, 0.3) is 0 Å². The monoisotopic (exact) mass is 462 g/mol. The molecule has 152 valence electrons. The fourth-order valence-corrected chi connectivity index (χ4v) is 3.77. The van der Waals surface area contributed by atoms with Crippen molar-refractivity contribution in [1.29, 1.82) is 10.5 Å². The molecule has 0 radical (unpaired) electrons. The number of rotatable bonds is 7. The molecule has 0 atom stereocenters. The summed E-state index contributed by atoms with van der Waals surface area (Å²) in [5, 5.41) is 23.4. The van der Waals surface area contributed by atoms with Crippen LogP contribution in [0.3, 0.4) is 0 Å². The number of nitrogens with one attached hydrogen (secondary N) is 1. The molecule has 31 heavy (non-hydrogen) atoms. The summed E-state index contributed by atoms with van der Waals surface area (Å²) in [7, 11) is 0. The Morgan fingerprint density at radius 1 is 0.903 bits per heavy atom. The largest absolute Gasteiger partial charge is 0.370 e. The van der Waals surface area contributed by atoms with E-state index in [1.807, 2.05) is 60.7 Å². The molecular formula is C24H16Cl2N4S. The summed E-state index contributed by atoms with van der Waals surface area (Å²) in [5.74, 6) is 0. The molecular weight excluding hydrogens is 447 g/mol. The Morgan fingerprint density at radius 3 is 2.19 bits per heavy atom. The molecule has 0 amide bonds. The van der Waals surface area contributed by atoms with Crippen LogP contribution in [0.5, 0.6) is 0 Å². The number of nitrogens with zero attached hydrogens (tertiary/aromatic N) is 3. The molecule has 4 nitrogen and oxygen atoms in total. The number of nitriles is 2. The van der Waals surface area contributed by atoms with Gasteiger partial charge >= 0.3 is 0 Å². The SMILES string of the molecule is N#CC(N=Cc1ccc(Cl)cc1)=C(C#N)NCc1ccccc1Sc1ccc(Cl)cc1. The first-order valence-electron chi connectivity index (χ1n) is 9.18. The Balaban J connectivity index is 1.76. The predicted octanol–water partition coefficient (Wildman–Crippen LogP) is 6.61. The van der Waals surface area contributed by atoms with E-state index in [-0.39, 0.29) is 11.4 Å². The van der Waals surface area contributed by atoms with Crippen LogP contribution in [0.15, 0.2) is 99.0 Å². The molecule has 0 unspecified atom stereocenters. The zero-order chi connectivity index (χ0) is 22.1. The summed E-state index contributed by atoms with van der Waals surface area (Å²) in [6, 6.07) is 26.5. The van der Waals surface area contributed by atoms with Crippen LogP contribution in [0.4, 0.5) is 0 Å². The van der Waals surface area contributed by atoms with Crippen LogP contribution in [0.2, 0.25) is 10.0 Å². The molecule has 0 fully saturated rings. The molecule has 3 aromatic rings. The van der Waals surface area contributed by atoms with Crippen LogP contribution >= 0.6 is 35.0 Å². The lowest BCUT2D eigenvalue weighted by molar-refractivity contribution is 0.813. The van der Waals surface area contributed by atoms with E-state index < -0.39 is 0 Å². The molecule has 0 aliphatic heterocycles. The minimum Gasteiger partial charge on any atom is -0.370 e. The van der Waals surface area contributed by atoms with Gasteiger partial charge in [-0.15, -0.1) is 0 Å². The normalized spacial score (nSPS) is 11.5. The van der Waals surface area contributed by atoms with Crippen molar-refractivity contribution in [1.82, 2.24) is 5.32 Å². The van der Waals surface area contributed by atoms with E-state index >= 15 is 0 Å². The first-order chi connectivity index (χ1) is 15.1. The summed E-state index contributed by atoms with van der Waals surface area (Å²) in [4.78, 5) is 6.27. The average Bonchev–Trinajstić information content (AvgIpc) is 2.79. The van der Waals surface area contributed by atoms with Gasteiger partial charge in [-0.25, -0.2) is 4.99 Å². The van der Waals surface area contributed by atoms with Gasteiger partial charge in [-0.1, -0.05) is 65.3 Å². The van der Waals surface area contributed by atoms with Gasteiger partial charge < -0.3 is 5.32 Å². The number of allylic oxidation sites excluding steroid dienone is 2. The second kappa shape index (κ2) is 11.2. The number of hydrogen-bond acceptors (Lipinski definition) is 5. The topological polar surface area (TPSA) is 72.0 Å². The summed E-state index contributed by atoms with van der Waals surface area (Å²) < 4.78 is 0. The van der Waals surface area contributed by atoms with Crippen molar-refractivity contribution in [2.45, 2.75) is 16.3 Å². The van der Waals surface area contributed by atoms with Crippen molar-refractivity contribution in [3.63, 3.8) is 0 Å². The maximum Gasteiger partial charge on any atom is 0.174 e. The van der Waals surface area contributed by atoms with E-state index in [9.17, 15) is 10.5 Å². The van der Waals surface area contributed by atoms with Crippen LogP contribution < -0.4 is 5.32 Å². The van der Waals surface area contributed by atoms with Crippen LogP contribution in [0.1, 0.15) is 11.1 Å². The smallest absolute Gasteiger partial charge is 0.174 e. The van der Waals surface area contributed by atoms with Crippen LogP contribution in [-0.2, 0) is 6.54 Å². The van der Waals surface area contributed by atoms with Crippen molar-refractivity contribution in [2.75, 3.05) is 0 Å². The fourth-order valence-electron chi connectivity index (χ4n) is 2.58. The Kier molecular flexibility index (Phi) is 8.15. The van der Waals surface area contributed by atoms with Gasteiger partial charge in [-0.2, -0.15) is 10.5 Å². The van der Waals surface area contributed by atoms with E-state index in [0.717, 1.165) is 20.9 Å². The first-order valence-corrected chi connectivity index (χ1v) is 10.8. The molecule has 0 saturated heterocycles. The second-order valence-electron chi connectivity index (χ2n) is 6.27. The molecule has 0 aliphatic carbocycles. The molecule has 0 bridgehead atoms. The second-order valence-corrected chi connectivity index (χ2v) is 8.26. The lowest BCUT2D eigenvalue weighted by Crippen LogP contribution is -2.14. The zero-order valence-corrected chi connectivity index (χ0v) is 18.5.